The second-order valence-electron chi connectivity index (χ2n) is 5.58. The summed E-state index contributed by atoms with van der Waals surface area (Å²) in [5.41, 5.74) is 0.655. The Morgan fingerprint density at radius 2 is 2.00 bits per heavy atom. The minimum atomic E-state index is -3.46. The molecule has 1 aromatic rings. The number of hydrogen-bond acceptors (Lipinski definition) is 4. The smallest absolute Gasteiger partial charge is 0.244 e. The Hall–Kier alpha value is -0.890. The summed E-state index contributed by atoms with van der Waals surface area (Å²) in [4.78, 5) is 2.45. The van der Waals surface area contributed by atoms with Gasteiger partial charge in [0, 0.05) is 38.1 Å². The zero-order valence-corrected chi connectivity index (χ0v) is 13.6. The molecule has 0 amide bonds. The van der Waals surface area contributed by atoms with Crippen molar-refractivity contribution in [2.24, 2.45) is 0 Å². The lowest BCUT2D eigenvalue weighted by molar-refractivity contribution is 0.270. The first-order chi connectivity index (χ1) is 9.98. The maximum atomic E-state index is 12.7. The van der Waals surface area contributed by atoms with Crippen molar-refractivity contribution in [2.45, 2.75) is 37.8 Å². The maximum absolute atomic E-state index is 12.7. The summed E-state index contributed by atoms with van der Waals surface area (Å²) < 4.78 is 28.9. The third-order valence-corrected chi connectivity index (χ3v) is 5.77. The second kappa shape index (κ2) is 6.91. The normalized spacial score (nSPS) is 18.8. The highest BCUT2D eigenvalue weighted by Crippen LogP contribution is 2.21. The molecule has 1 saturated heterocycles. The van der Waals surface area contributed by atoms with E-state index in [-0.39, 0.29) is 6.61 Å². The van der Waals surface area contributed by atoms with Gasteiger partial charge in [0.15, 0.2) is 0 Å². The molecule has 1 aromatic heterocycles. The quantitative estimate of drug-likeness (QED) is 0.869. The predicted octanol–water partition coefficient (Wildman–Crippen LogP) is 0.717. The summed E-state index contributed by atoms with van der Waals surface area (Å²) in [6.45, 7) is 5.35. The molecule has 1 aliphatic heterocycles. The van der Waals surface area contributed by atoms with Crippen molar-refractivity contribution >= 4 is 10.0 Å². The van der Waals surface area contributed by atoms with E-state index in [1.54, 1.807) is 16.6 Å². The van der Waals surface area contributed by atoms with Crippen LogP contribution in [0.4, 0.5) is 0 Å². The van der Waals surface area contributed by atoms with E-state index in [9.17, 15) is 13.5 Å². The van der Waals surface area contributed by atoms with Crippen molar-refractivity contribution in [2.75, 3.05) is 33.2 Å². The molecule has 0 unspecified atom stereocenters. The molecule has 0 bridgehead atoms. The van der Waals surface area contributed by atoms with Crippen LogP contribution in [0.2, 0.25) is 0 Å². The summed E-state index contributed by atoms with van der Waals surface area (Å²) >= 11 is 0. The summed E-state index contributed by atoms with van der Waals surface area (Å²) in [5.74, 6) is 0. The number of rotatable bonds is 5. The molecular weight excluding hydrogens is 290 g/mol. The number of likely N-dealkylation sites (N-methyl/N-ethyl adjacent to an activating group) is 1. The van der Waals surface area contributed by atoms with E-state index >= 15 is 0 Å². The van der Waals surface area contributed by atoms with E-state index in [2.05, 4.69) is 4.90 Å². The van der Waals surface area contributed by atoms with Crippen LogP contribution in [0.15, 0.2) is 17.2 Å². The highest BCUT2D eigenvalue weighted by Gasteiger charge is 2.27. The number of hydrogen-bond donors (Lipinski definition) is 1. The summed E-state index contributed by atoms with van der Waals surface area (Å²) in [6.07, 6.45) is 3.40. The molecule has 6 nitrogen and oxygen atoms in total. The third-order valence-electron chi connectivity index (χ3n) is 3.90. The van der Waals surface area contributed by atoms with Crippen LogP contribution in [0.25, 0.3) is 0 Å². The van der Waals surface area contributed by atoms with Crippen molar-refractivity contribution in [1.29, 1.82) is 0 Å². The third kappa shape index (κ3) is 3.66. The Bertz CT molecular complexity index is 568. The highest BCUT2D eigenvalue weighted by molar-refractivity contribution is 7.89. The molecule has 2 heterocycles. The van der Waals surface area contributed by atoms with E-state index in [1.165, 1.54) is 0 Å². The standard InChI is InChI=1S/C14H25N3O3S/c1-3-5-16-11-14(10-13(16)12-18)21(19,20)17-7-4-6-15(2)8-9-17/h10-11,18H,3-9,12H2,1-2H3. The number of sulfonamides is 1. The fourth-order valence-corrected chi connectivity index (χ4v) is 4.19. The Kier molecular flexibility index (Phi) is 5.43. The Morgan fingerprint density at radius 3 is 2.67 bits per heavy atom. The second-order valence-corrected chi connectivity index (χ2v) is 7.52. The van der Waals surface area contributed by atoms with E-state index in [0.717, 1.165) is 25.9 Å². The van der Waals surface area contributed by atoms with Crippen molar-refractivity contribution in [3.63, 3.8) is 0 Å². The molecule has 2 rings (SSSR count). The van der Waals surface area contributed by atoms with Gasteiger partial charge >= 0.3 is 0 Å². The average Bonchev–Trinajstić information content (AvgIpc) is 2.73. The van der Waals surface area contributed by atoms with Crippen molar-refractivity contribution in [3.05, 3.63) is 18.0 Å². The van der Waals surface area contributed by atoms with Gasteiger partial charge in [-0.15, -0.1) is 0 Å². The van der Waals surface area contributed by atoms with Crippen molar-refractivity contribution < 1.29 is 13.5 Å². The van der Waals surface area contributed by atoms with Crippen molar-refractivity contribution in [3.8, 4) is 0 Å². The fourth-order valence-electron chi connectivity index (χ4n) is 2.66. The molecule has 0 saturated carbocycles. The van der Waals surface area contributed by atoms with Crippen LogP contribution in [-0.4, -0.2) is 60.5 Å². The SMILES string of the molecule is CCCn1cc(S(=O)(=O)N2CCCN(C)CC2)cc1CO. The highest BCUT2D eigenvalue weighted by atomic mass is 32.2. The van der Waals surface area contributed by atoms with Crippen LogP contribution >= 0.6 is 0 Å². The van der Waals surface area contributed by atoms with Gasteiger partial charge in [0.25, 0.3) is 0 Å². The molecule has 7 heteroatoms. The Morgan fingerprint density at radius 1 is 1.24 bits per heavy atom. The van der Waals surface area contributed by atoms with Crippen molar-refractivity contribution in [1.82, 2.24) is 13.8 Å². The van der Waals surface area contributed by atoms with Gasteiger partial charge in [-0.1, -0.05) is 6.92 Å². The average molecular weight is 315 g/mol. The number of aromatic nitrogens is 1. The summed E-state index contributed by atoms with van der Waals surface area (Å²) in [6, 6.07) is 1.60. The van der Waals surface area contributed by atoms with Gasteiger partial charge < -0.3 is 14.6 Å². The van der Waals surface area contributed by atoms with Gasteiger partial charge in [0.05, 0.1) is 6.61 Å². The molecule has 21 heavy (non-hydrogen) atoms. The van der Waals surface area contributed by atoms with Gasteiger partial charge in [-0.05, 0) is 32.5 Å². The predicted molar refractivity (Wildman–Crippen MR) is 81.5 cm³/mol. The van der Waals surface area contributed by atoms with Gasteiger partial charge in [0.2, 0.25) is 10.0 Å². The molecule has 1 aliphatic rings. The number of aliphatic hydroxyl groups excluding tert-OH is 1. The zero-order valence-electron chi connectivity index (χ0n) is 12.8. The lowest BCUT2D eigenvalue weighted by Gasteiger charge is -2.19. The largest absolute Gasteiger partial charge is 0.390 e. The first-order valence-corrected chi connectivity index (χ1v) is 8.91. The van der Waals surface area contributed by atoms with Gasteiger partial charge in [-0.25, -0.2) is 8.42 Å². The van der Waals surface area contributed by atoms with Crippen LogP contribution in [0.5, 0.6) is 0 Å². The number of aliphatic hydroxyl groups is 1. The molecular formula is C14H25N3O3S. The summed E-state index contributed by atoms with van der Waals surface area (Å²) in [5, 5.41) is 9.38. The van der Waals surface area contributed by atoms with E-state index in [1.807, 2.05) is 18.5 Å². The first-order valence-electron chi connectivity index (χ1n) is 7.47. The summed E-state index contributed by atoms with van der Waals surface area (Å²) in [7, 11) is -1.45. The lowest BCUT2D eigenvalue weighted by Crippen LogP contribution is -2.34. The lowest BCUT2D eigenvalue weighted by atomic mass is 10.4. The topological polar surface area (TPSA) is 65.8 Å². The molecule has 0 radical (unpaired) electrons. The van der Waals surface area contributed by atoms with Crippen LogP contribution in [0.3, 0.4) is 0 Å². The zero-order chi connectivity index (χ0) is 15.5. The minimum absolute atomic E-state index is 0.141. The molecule has 0 aliphatic carbocycles. The molecule has 0 atom stereocenters. The molecule has 1 N–H and O–H groups in total. The molecule has 1 fully saturated rings. The Balaban J connectivity index is 2.26. The maximum Gasteiger partial charge on any atom is 0.244 e. The minimum Gasteiger partial charge on any atom is -0.390 e. The first kappa shape index (κ1) is 16.5. The molecule has 0 spiro atoms. The Labute approximate surface area is 127 Å². The van der Waals surface area contributed by atoms with Crippen LogP contribution in [-0.2, 0) is 23.2 Å². The van der Waals surface area contributed by atoms with Crippen LogP contribution < -0.4 is 0 Å². The van der Waals surface area contributed by atoms with E-state index in [0.29, 0.717) is 30.2 Å². The van der Waals surface area contributed by atoms with E-state index in [4.69, 9.17) is 0 Å². The number of nitrogens with zero attached hydrogens (tertiary/aromatic N) is 3. The van der Waals surface area contributed by atoms with Crippen LogP contribution in [0.1, 0.15) is 25.5 Å². The van der Waals surface area contributed by atoms with E-state index < -0.39 is 10.0 Å². The monoisotopic (exact) mass is 315 g/mol. The van der Waals surface area contributed by atoms with Crippen LogP contribution in [0, 0.1) is 0 Å². The number of aryl methyl sites for hydroxylation is 1. The molecule has 120 valence electrons. The van der Waals surface area contributed by atoms with Gasteiger partial charge in [-0.2, -0.15) is 4.31 Å². The fraction of sp³-hybridized carbons (Fsp3) is 0.714. The van der Waals surface area contributed by atoms with Gasteiger partial charge in [-0.3, -0.25) is 0 Å². The molecule has 0 aromatic carbocycles. The van der Waals surface area contributed by atoms with Gasteiger partial charge in [0.1, 0.15) is 4.90 Å².